The largest absolute Gasteiger partial charge is 0.315 e. The number of rotatable bonds is 8. The minimum atomic E-state index is 0.784. The van der Waals surface area contributed by atoms with E-state index < -0.39 is 0 Å². The Labute approximate surface area is 102 Å². The molecule has 1 fully saturated rings. The van der Waals surface area contributed by atoms with Crippen LogP contribution in [0.25, 0.3) is 0 Å². The van der Waals surface area contributed by atoms with Gasteiger partial charge in [0.05, 0.1) is 0 Å². The fourth-order valence-corrected chi connectivity index (χ4v) is 2.90. The van der Waals surface area contributed by atoms with E-state index in [-0.39, 0.29) is 0 Å². The molecular formula is C14H30N2. The highest BCUT2D eigenvalue weighted by Gasteiger charge is 2.26. The van der Waals surface area contributed by atoms with Gasteiger partial charge in [-0.25, -0.2) is 0 Å². The van der Waals surface area contributed by atoms with Crippen LogP contribution < -0.4 is 5.32 Å². The Bertz CT molecular complexity index is 170. The zero-order valence-corrected chi connectivity index (χ0v) is 11.5. The average Bonchev–Trinajstić information content (AvgIpc) is 2.73. The topological polar surface area (TPSA) is 15.3 Å². The summed E-state index contributed by atoms with van der Waals surface area (Å²) in [7, 11) is 0. The van der Waals surface area contributed by atoms with Crippen molar-refractivity contribution in [3.05, 3.63) is 0 Å². The van der Waals surface area contributed by atoms with Gasteiger partial charge in [0.25, 0.3) is 0 Å². The van der Waals surface area contributed by atoms with Crippen molar-refractivity contribution in [1.82, 2.24) is 10.2 Å². The van der Waals surface area contributed by atoms with Gasteiger partial charge in [-0.05, 0) is 38.3 Å². The fraction of sp³-hybridized carbons (Fsp3) is 1.00. The quantitative estimate of drug-likeness (QED) is 0.684. The second-order valence-electron chi connectivity index (χ2n) is 5.19. The second-order valence-corrected chi connectivity index (χ2v) is 5.19. The van der Waals surface area contributed by atoms with E-state index in [0.29, 0.717) is 0 Å². The SMILES string of the molecule is CCCC1CCN(C(CCC)CNCC)C1. The van der Waals surface area contributed by atoms with Crippen molar-refractivity contribution in [1.29, 1.82) is 0 Å². The van der Waals surface area contributed by atoms with Crippen LogP contribution in [0.2, 0.25) is 0 Å². The molecule has 0 aliphatic carbocycles. The average molecular weight is 226 g/mol. The fourth-order valence-electron chi connectivity index (χ4n) is 2.90. The molecule has 0 radical (unpaired) electrons. The molecule has 0 aromatic carbocycles. The normalized spacial score (nSPS) is 23.8. The van der Waals surface area contributed by atoms with E-state index in [2.05, 4.69) is 31.0 Å². The summed E-state index contributed by atoms with van der Waals surface area (Å²) in [5.74, 6) is 0.978. The van der Waals surface area contributed by atoms with Gasteiger partial charge in [0.1, 0.15) is 0 Å². The summed E-state index contributed by atoms with van der Waals surface area (Å²) in [6, 6.07) is 0.784. The molecule has 0 aromatic heterocycles. The van der Waals surface area contributed by atoms with Crippen LogP contribution in [0.15, 0.2) is 0 Å². The third kappa shape index (κ3) is 4.42. The summed E-state index contributed by atoms with van der Waals surface area (Å²) in [4.78, 5) is 2.73. The first kappa shape index (κ1) is 14.0. The van der Waals surface area contributed by atoms with Crippen molar-refractivity contribution < 1.29 is 0 Å². The van der Waals surface area contributed by atoms with Crippen LogP contribution in [0.3, 0.4) is 0 Å². The molecular weight excluding hydrogens is 196 g/mol. The molecule has 1 heterocycles. The van der Waals surface area contributed by atoms with Crippen LogP contribution in [0.5, 0.6) is 0 Å². The van der Waals surface area contributed by atoms with Crippen LogP contribution in [-0.2, 0) is 0 Å². The predicted octanol–water partition coefficient (Wildman–Crippen LogP) is 2.89. The Balaban J connectivity index is 2.33. The zero-order valence-electron chi connectivity index (χ0n) is 11.5. The van der Waals surface area contributed by atoms with E-state index in [9.17, 15) is 0 Å². The minimum absolute atomic E-state index is 0.784. The number of hydrogen-bond donors (Lipinski definition) is 1. The summed E-state index contributed by atoms with van der Waals surface area (Å²) >= 11 is 0. The van der Waals surface area contributed by atoms with Crippen molar-refractivity contribution in [3.8, 4) is 0 Å². The summed E-state index contributed by atoms with van der Waals surface area (Å²) in [5, 5.41) is 3.52. The molecule has 1 saturated heterocycles. The lowest BCUT2D eigenvalue weighted by Crippen LogP contribution is -2.41. The Hall–Kier alpha value is -0.0800. The smallest absolute Gasteiger partial charge is 0.0220 e. The maximum absolute atomic E-state index is 3.52. The van der Waals surface area contributed by atoms with Crippen LogP contribution in [0.4, 0.5) is 0 Å². The second kappa shape index (κ2) is 8.08. The maximum atomic E-state index is 3.52. The Morgan fingerprint density at radius 2 is 2.06 bits per heavy atom. The van der Waals surface area contributed by atoms with Gasteiger partial charge in [-0.3, -0.25) is 4.90 Å². The lowest BCUT2D eigenvalue weighted by molar-refractivity contribution is 0.214. The molecule has 1 N–H and O–H groups in total. The lowest BCUT2D eigenvalue weighted by atomic mass is 10.0. The standard InChI is InChI=1S/C14H30N2/c1-4-7-13-9-10-16(12-13)14(8-5-2)11-15-6-3/h13-15H,4-12H2,1-3H3. The summed E-state index contributed by atoms with van der Waals surface area (Å²) in [5.41, 5.74) is 0. The first-order valence-corrected chi connectivity index (χ1v) is 7.26. The first-order chi connectivity index (χ1) is 7.81. The molecule has 2 unspecified atom stereocenters. The van der Waals surface area contributed by atoms with Crippen LogP contribution in [0, 0.1) is 5.92 Å². The Kier molecular flexibility index (Phi) is 7.06. The highest BCUT2D eigenvalue weighted by molar-refractivity contribution is 4.82. The highest BCUT2D eigenvalue weighted by atomic mass is 15.2. The molecule has 1 rings (SSSR count). The molecule has 2 heteroatoms. The molecule has 1 aliphatic rings. The van der Waals surface area contributed by atoms with Crippen molar-refractivity contribution in [3.63, 3.8) is 0 Å². The number of likely N-dealkylation sites (tertiary alicyclic amines) is 1. The van der Waals surface area contributed by atoms with Crippen molar-refractivity contribution in [2.75, 3.05) is 26.2 Å². The molecule has 0 amide bonds. The summed E-state index contributed by atoms with van der Waals surface area (Å²) < 4.78 is 0. The van der Waals surface area contributed by atoms with Gasteiger partial charge < -0.3 is 5.32 Å². The van der Waals surface area contributed by atoms with Gasteiger partial charge in [-0.1, -0.05) is 33.6 Å². The number of nitrogens with zero attached hydrogens (tertiary/aromatic N) is 1. The molecule has 0 bridgehead atoms. The summed E-state index contributed by atoms with van der Waals surface area (Å²) in [6.45, 7) is 11.8. The van der Waals surface area contributed by atoms with E-state index in [1.807, 2.05) is 0 Å². The maximum Gasteiger partial charge on any atom is 0.0220 e. The monoisotopic (exact) mass is 226 g/mol. The zero-order chi connectivity index (χ0) is 11.8. The van der Waals surface area contributed by atoms with E-state index in [1.54, 1.807) is 0 Å². The van der Waals surface area contributed by atoms with E-state index in [4.69, 9.17) is 0 Å². The van der Waals surface area contributed by atoms with Gasteiger partial charge in [0.15, 0.2) is 0 Å². The third-order valence-electron chi connectivity index (χ3n) is 3.78. The molecule has 0 aromatic rings. The van der Waals surface area contributed by atoms with Gasteiger partial charge >= 0.3 is 0 Å². The third-order valence-corrected chi connectivity index (χ3v) is 3.78. The van der Waals surface area contributed by atoms with E-state index >= 15 is 0 Å². The van der Waals surface area contributed by atoms with Crippen molar-refractivity contribution in [2.45, 2.75) is 58.9 Å². The molecule has 96 valence electrons. The van der Waals surface area contributed by atoms with Crippen molar-refractivity contribution in [2.24, 2.45) is 5.92 Å². The Morgan fingerprint density at radius 3 is 2.69 bits per heavy atom. The summed E-state index contributed by atoms with van der Waals surface area (Å²) in [6.07, 6.45) is 6.87. The van der Waals surface area contributed by atoms with Crippen LogP contribution >= 0.6 is 0 Å². The molecule has 1 aliphatic heterocycles. The number of nitrogens with one attached hydrogen (secondary N) is 1. The number of likely N-dealkylation sites (N-methyl/N-ethyl adjacent to an activating group) is 1. The van der Waals surface area contributed by atoms with E-state index in [0.717, 1.165) is 18.5 Å². The molecule has 0 saturated carbocycles. The molecule has 16 heavy (non-hydrogen) atoms. The minimum Gasteiger partial charge on any atom is -0.315 e. The van der Waals surface area contributed by atoms with Gasteiger partial charge in [0.2, 0.25) is 0 Å². The van der Waals surface area contributed by atoms with Crippen molar-refractivity contribution >= 4 is 0 Å². The van der Waals surface area contributed by atoms with Crippen LogP contribution in [0.1, 0.15) is 52.9 Å². The first-order valence-electron chi connectivity index (χ1n) is 7.26. The molecule has 2 atom stereocenters. The Morgan fingerprint density at radius 1 is 1.25 bits per heavy atom. The number of hydrogen-bond acceptors (Lipinski definition) is 2. The van der Waals surface area contributed by atoms with Crippen LogP contribution in [-0.4, -0.2) is 37.1 Å². The van der Waals surface area contributed by atoms with Gasteiger partial charge in [-0.2, -0.15) is 0 Å². The molecule has 0 spiro atoms. The van der Waals surface area contributed by atoms with Gasteiger partial charge in [0, 0.05) is 19.1 Å². The predicted molar refractivity (Wildman–Crippen MR) is 71.8 cm³/mol. The van der Waals surface area contributed by atoms with Gasteiger partial charge in [-0.15, -0.1) is 0 Å². The lowest BCUT2D eigenvalue weighted by Gasteiger charge is -2.28. The van der Waals surface area contributed by atoms with E-state index in [1.165, 1.54) is 51.7 Å². The highest BCUT2D eigenvalue weighted by Crippen LogP contribution is 2.23. The molecule has 2 nitrogen and oxygen atoms in total.